The second-order valence-corrected chi connectivity index (χ2v) is 3.59. The molecule has 1 unspecified atom stereocenters. The van der Waals surface area contributed by atoms with Crippen molar-refractivity contribution in [2.75, 3.05) is 0 Å². The number of ketones is 1. The zero-order valence-corrected chi connectivity index (χ0v) is 7.88. The van der Waals surface area contributed by atoms with Crippen molar-refractivity contribution >= 4 is 40.6 Å². The van der Waals surface area contributed by atoms with Crippen molar-refractivity contribution in [1.82, 2.24) is 0 Å². The second kappa shape index (κ2) is 5.22. The van der Waals surface area contributed by atoms with Crippen molar-refractivity contribution in [3.05, 3.63) is 0 Å². The lowest BCUT2D eigenvalue weighted by molar-refractivity contribution is -0.118. The molecule has 0 aliphatic carbocycles. The van der Waals surface area contributed by atoms with E-state index in [-0.39, 0.29) is 5.78 Å². The minimum atomic E-state index is -0.791. The lowest BCUT2D eigenvalue weighted by Crippen LogP contribution is -2.20. The smallest absolute Gasteiger partial charge is 0.153 e. The van der Waals surface area contributed by atoms with Crippen LogP contribution in [0.2, 0.25) is 0 Å². The van der Waals surface area contributed by atoms with Crippen LogP contribution in [0.25, 0.3) is 0 Å². The molecule has 0 aliphatic rings. The van der Waals surface area contributed by atoms with Gasteiger partial charge in [0.15, 0.2) is 5.78 Å². The summed E-state index contributed by atoms with van der Waals surface area (Å²) < 4.78 is 0. The van der Waals surface area contributed by atoms with E-state index in [1.54, 1.807) is 0 Å². The second-order valence-electron chi connectivity index (χ2n) is 1.95. The first-order chi connectivity index (χ1) is 4.59. The summed E-state index contributed by atoms with van der Waals surface area (Å²) in [7, 11) is 0. The Morgan fingerprint density at radius 3 is 2.20 bits per heavy atom. The minimum absolute atomic E-state index is 0.0841. The molecule has 0 heterocycles. The fourth-order valence-electron chi connectivity index (χ4n) is 0.525. The van der Waals surface area contributed by atoms with Gasteiger partial charge >= 0.3 is 0 Å². The zero-order valence-electron chi connectivity index (χ0n) is 5.61. The average Bonchev–Trinajstić information content (AvgIpc) is 1.87. The van der Waals surface area contributed by atoms with Crippen LogP contribution in [0.15, 0.2) is 0 Å². The first-order valence-electron chi connectivity index (χ1n) is 3.04. The maximum absolute atomic E-state index is 10.9. The lowest BCUT2D eigenvalue weighted by atomic mass is 10.2. The van der Waals surface area contributed by atoms with Crippen LogP contribution in [0.5, 0.6) is 0 Å². The third-order valence-corrected chi connectivity index (χ3v) is 2.28. The molecule has 4 heteroatoms. The van der Waals surface area contributed by atoms with Crippen LogP contribution in [-0.2, 0) is 4.79 Å². The summed E-state index contributed by atoms with van der Waals surface area (Å²) >= 11 is 16.3. The van der Waals surface area contributed by atoms with Crippen molar-refractivity contribution in [3.63, 3.8) is 0 Å². The van der Waals surface area contributed by atoms with Gasteiger partial charge in [-0.3, -0.25) is 4.79 Å². The fraction of sp³-hybridized carbons (Fsp3) is 0.833. The van der Waals surface area contributed by atoms with Gasteiger partial charge in [-0.25, -0.2) is 0 Å². The molecule has 1 atom stereocenters. The Morgan fingerprint density at radius 2 is 1.90 bits per heavy atom. The highest BCUT2D eigenvalue weighted by Crippen LogP contribution is 2.16. The van der Waals surface area contributed by atoms with E-state index in [0.29, 0.717) is 6.42 Å². The van der Waals surface area contributed by atoms with Crippen molar-refractivity contribution < 1.29 is 4.79 Å². The third kappa shape index (κ3) is 3.65. The van der Waals surface area contributed by atoms with Crippen LogP contribution < -0.4 is 0 Å². The molecule has 0 N–H and O–H groups in total. The molecule has 0 aromatic carbocycles. The number of carbonyl (C=O) groups excluding carboxylic acids is 1. The minimum Gasteiger partial charge on any atom is -0.298 e. The highest BCUT2D eigenvalue weighted by atomic mass is 35.5. The summed E-state index contributed by atoms with van der Waals surface area (Å²) in [6.45, 7) is 1.90. The van der Waals surface area contributed by atoms with Gasteiger partial charge in [0, 0.05) is 6.42 Å². The maximum atomic E-state index is 10.9. The van der Waals surface area contributed by atoms with Crippen LogP contribution >= 0.6 is 34.8 Å². The largest absolute Gasteiger partial charge is 0.298 e. The van der Waals surface area contributed by atoms with Gasteiger partial charge in [0.1, 0.15) is 10.2 Å². The Bertz CT molecular complexity index is 114. The van der Waals surface area contributed by atoms with Gasteiger partial charge in [0.25, 0.3) is 0 Å². The zero-order chi connectivity index (χ0) is 8.15. The molecule has 0 aromatic rings. The van der Waals surface area contributed by atoms with E-state index >= 15 is 0 Å². The van der Waals surface area contributed by atoms with Gasteiger partial charge in [-0.2, -0.15) is 0 Å². The van der Waals surface area contributed by atoms with Crippen LogP contribution in [0.4, 0.5) is 0 Å². The molecule has 0 spiro atoms. The normalized spacial score (nSPS) is 13.7. The molecule has 0 amide bonds. The van der Waals surface area contributed by atoms with Gasteiger partial charge < -0.3 is 0 Å². The van der Waals surface area contributed by atoms with Crippen LogP contribution in [0.3, 0.4) is 0 Å². The predicted molar refractivity (Wildman–Crippen MR) is 45.1 cm³/mol. The molecule has 0 saturated carbocycles. The molecule has 0 saturated heterocycles. The number of halogens is 3. The van der Waals surface area contributed by atoms with E-state index in [9.17, 15) is 4.79 Å². The SMILES string of the molecule is CCCC(=O)C(Cl)C(Cl)Cl. The van der Waals surface area contributed by atoms with Crippen LogP contribution in [0, 0.1) is 0 Å². The molecular formula is C6H9Cl3O. The van der Waals surface area contributed by atoms with E-state index in [2.05, 4.69) is 0 Å². The quantitative estimate of drug-likeness (QED) is 0.642. The molecule has 1 nitrogen and oxygen atoms in total. The number of carbonyl (C=O) groups is 1. The first-order valence-corrected chi connectivity index (χ1v) is 4.35. The number of hydrogen-bond acceptors (Lipinski definition) is 1. The van der Waals surface area contributed by atoms with Gasteiger partial charge in [0.05, 0.1) is 0 Å². The highest BCUT2D eigenvalue weighted by Gasteiger charge is 2.20. The molecule has 0 bridgehead atoms. The van der Waals surface area contributed by atoms with Crippen LogP contribution in [-0.4, -0.2) is 16.0 Å². The van der Waals surface area contributed by atoms with Crippen molar-refractivity contribution in [3.8, 4) is 0 Å². The Labute approximate surface area is 75.6 Å². The van der Waals surface area contributed by atoms with E-state index in [4.69, 9.17) is 34.8 Å². The van der Waals surface area contributed by atoms with E-state index in [1.165, 1.54) is 0 Å². The van der Waals surface area contributed by atoms with E-state index < -0.39 is 10.2 Å². The fourth-order valence-corrected chi connectivity index (χ4v) is 0.915. The Morgan fingerprint density at radius 1 is 1.40 bits per heavy atom. The predicted octanol–water partition coefficient (Wildman–Crippen LogP) is 2.77. The number of alkyl halides is 3. The summed E-state index contributed by atoms with van der Waals surface area (Å²) in [6, 6.07) is 0. The molecule has 0 rings (SSSR count). The summed E-state index contributed by atoms with van der Waals surface area (Å²) in [4.78, 5) is 10.1. The van der Waals surface area contributed by atoms with Gasteiger partial charge in [-0.1, -0.05) is 6.92 Å². The molecule has 0 aromatic heterocycles. The van der Waals surface area contributed by atoms with Gasteiger partial charge in [0.2, 0.25) is 0 Å². The summed E-state index contributed by atoms with van der Waals surface area (Å²) in [5.74, 6) is -0.0841. The topological polar surface area (TPSA) is 17.1 Å². The maximum Gasteiger partial charge on any atom is 0.153 e. The van der Waals surface area contributed by atoms with Crippen molar-refractivity contribution in [2.24, 2.45) is 0 Å². The lowest BCUT2D eigenvalue weighted by Gasteiger charge is -2.06. The monoisotopic (exact) mass is 202 g/mol. The highest BCUT2D eigenvalue weighted by molar-refractivity contribution is 6.51. The molecule has 0 fully saturated rings. The molecular weight excluding hydrogens is 194 g/mol. The summed E-state index contributed by atoms with van der Waals surface area (Å²) in [5.41, 5.74) is 0. The van der Waals surface area contributed by atoms with E-state index in [0.717, 1.165) is 6.42 Å². The van der Waals surface area contributed by atoms with Crippen LogP contribution in [0.1, 0.15) is 19.8 Å². The standard InChI is InChI=1S/C6H9Cl3O/c1-2-3-4(10)5(7)6(8)9/h5-6H,2-3H2,1H3. The van der Waals surface area contributed by atoms with Gasteiger partial charge in [-0.15, -0.1) is 34.8 Å². The first kappa shape index (κ1) is 10.5. The van der Waals surface area contributed by atoms with Crippen molar-refractivity contribution in [1.29, 1.82) is 0 Å². The Kier molecular flexibility index (Phi) is 5.51. The molecule has 60 valence electrons. The summed E-state index contributed by atoms with van der Waals surface area (Å²) in [6.07, 6.45) is 1.23. The average molecular weight is 203 g/mol. The molecule has 0 radical (unpaired) electrons. The third-order valence-electron chi connectivity index (χ3n) is 1.03. The molecule has 0 aliphatic heterocycles. The number of rotatable bonds is 4. The Hall–Kier alpha value is 0.540. The van der Waals surface area contributed by atoms with Crippen molar-refractivity contribution in [2.45, 2.75) is 30.0 Å². The molecule has 10 heavy (non-hydrogen) atoms. The summed E-state index contributed by atoms with van der Waals surface area (Å²) in [5, 5.41) is -0.747. The van der Waals surface area contributed by atoms with E-state index in [1.807, 2.05) is 6.92 Å². The Balaban J connectivity index is 3.71. The number of hydrogen-bond donors (Lipinski definition) is 0. The van der Waals surface area contributed by atoms with Gasteiger partial charge in [-0.05, 0) is 6.42 Å². The number of Topliss-reactive ketones (excluding diaryl/α,β-unsaturated/α-hetero) is 1.